The van der Waals surface area contributed by atoms with Gasteiger partial charge in [-0.3, -0.25) is 4.79 Å². The lowest BCUT2D eigenvalue weighted by atomic mass is 9.96. The highest BCUT2D eigenvalue weighted by atomic mass is 35.5. The Morgan fingerprint density at radius 1 is 1.35 bits per heavy atom. The van der Waals surface area contributed by atoms with Gasteiger partial charge in [-0.2, -0.15) is 0 Å². The lowest BCUT2D eigenvalue weighted by molar-refractivity contribution is -0.146. The Labute approximate surface area is 107 Å². The van der Waals surface area contributed by atoms with Crippen LogP contribution in [0.5, 0.6) is 0 Å². The van der Waals surface area contributed by atoms with E-state index in [9.17, 15) is 4.79 Å². The summed E-state index contributed by atoms with van der Waals surface area (Å²) in [5.41, 5.74) is 0.654. The monoisotopic (exact) mass is 252 g/mol. The maximum absolute atomic E-state index is 12.0. The number of ether oxygens (including phenoxy) is 1. The number of carbonyl (C=O) groups is 1. The molecular formula is C14H17ClO2. The molecule has 1 fully saturated rings. The van der Waals surface area contributed by atoms with Crippen molar-refractivity contribution in [1.82, 2.24) is 0 Å². The predicted molar refractivity (Wildman–Crippen MR) is 68.2 cm³/mol. The van der Waals surface area contributed by atoms with Crippen molar-refractivity contribution in [3.05, 3.63) is 34.9 Å². The van der Waals surface area contributed by atoms with Crippen LogP contribution in [0.1, 0.15) is 38.2 Å². The van der Waals surface area contributed by atoms with Gasteiger partial charge in [-0.15, -0.1) is 0 Å². The second-order valence-electron chi connectivity index (χ2n) is 4.58. The minimum atomic E-state index is -0.377. The molecule has 92 valence electrons. The van der Waals surface area contributed by atoms with E-state index in [-0.39, 0.29) is 11.4 Å². The Kier molecular flexibility index (Phi) is 3.72. The molecule has 0 spiro atoms. The number of unbranched alkanes of at least 4 members (excludes halogenated alkanes) is 1. The molecule has 1 aromatic carbocycles. The van der Waals surface area contributed by atoms with E-state index in [2.05, 4.69) is 6.92 Å². The first-order chi connectivity index (χ1) is 8.19. The number of halogens is 1. The van der Waals surface area contributed by atoms with Crippen molar-refractivity contribution in [3.63, 3.8) is 0 Å². The summed E-state index contributed by atoms with van der Waals surface area (Å²) in [7, 11) is 0. The number of carbonyl (C=O) groups excluding carboxylic acids is 1. The molecule has 1 aliphatic carbocycles. The van der Waals surface area contributed by atoms with Crippen LogP contribution in [0.4, 0.5) is 0 Å². The maximum atomic E-state index is 12.0. The Bertz CT molecular complexity index is 393. The average Bonchev–Trinajstić information content (AvgIpc) is 3.11. The number of benzene rings is 1. The summed E-state index contributed by atoms with van der Waals surface area (Å²) in [6.45, 7) is 2.62. The molecule has 0 N–H and O–H groups in total. The lowest BCUT2D eigenvalue weighted by Gasteiger charge is -2.14. The molecule has 0 aromatic heterocycles. The van der Waals surface area contributed by atoms with E-state index < -0.39 is 0 Å². The molecule has 0 saturated heterocycles. The zero-order chi connectivity index (χ0) is 12.3. The number of hydrogen-bond donors (Lipinski definition) is 0. The minimum Gasteiger partial charge on any atom is -0.465 e. The first-order valence-corrected chi connectivity index (χ1v) is 6.50. The number of esters is 1. The van der Waals surface area contributed by atoms with Crippen LogP contribution in [0.15, 0.2) is 24.3 Å². The zero-order valence-electron chi connectivity index (χ0n) is 10.0. The van der Waals surface area contributed by atoms with Gasteiger partial charge in [0.25, 0.3) is 0 Å². The Balaban J connectivity index is 2.03. The van der Waals surface area contributed by atoms with Crippen LogP contribution in [-0.4, -0.2) is 12.6 Å². The van der Waals surface area contributed by atoms with E-state index >= 15 is 0 Å². The first kappa shape index (κ1) is 12.4. The summed E-state index contributed by atoms with van der Waals surface area (Å²) in [5.74, 6) is -0.0757. The number of hydrogen-bond acceptors (Lipinski definition) is 2. The summed E-state index contributed by atoms with van der Waals surface area (Å²) in [6, 6.07) is 7.51. The fourth-order valence-corrected chi connectivity index (χ4v) is 2.08. The normalized spacial score (nSPS) is 16.6. The van der Waals surface area contributed by atoms with Crippen molar-refractivity contribution >= 4 is 17.6 Å². The van der Waals surface area contributed by atoms with Gasteiger partial charge in [-0.05, 0) is 37.0 Å². The molecule has 17 heavy (non-hydrogen) atoms. The van der Waals surface area contributed by atoms with Crippen LogP contribution in [-0.2, 0) is 14.9 Å². The van der Waals surface area contributed by atoms with Crippen molar-refractivity contribution in [2.45, 2.75) is 38.0 Å². The van der Waals surface area contributed by atoms with Gasteiger partial charge >= 0.3 is 5.97 Å². The van der Waals surface area contributed by atoms with Gasteiger partial charge in [0.05, 0.1) is 12.0 Å². The van der Waals surface area contributed by atoms with Gasteiger partial charge < -0.3 is 4.74 Å². The predicted octanol–water partition coefficient (Wildman–Crippen LogP) is 3.71. The van der Waals surface area contributed by atoms with Gasteiger partial charge in [0.15, 0.2) is 0 Å². The van der Waals surface area contributed by atoms with Crippen molar-refractivity contribution in [2.75, 3.05) is 6.61 Å². The molecule has 3 heteroatoms. The molecule has 2 nitrogen and oxygen atoms in total. The topological polar surface area (TPSA) is 26.3 Å². The highest BCUT2D eigenvalue weighted by molar-refractivity contribution is 6.30. The van der Waals surface area contributed by atoms with Gasteiger partial charge in [-0.25, -0.2) is 0 Å². The quantitative estimate of drug-likeness (QED) is 0.590. The van der Waals surface area contributed by atoms with Crippen LogP contribution in [0.3, 0.4) is 0 Å². The summed E-state index contributed by atoms with van der Waals surface area (Å²) in [4.78, 5) is 12.0. The third kappa shape index (κ3) is 2.63. The van der Waals surface area contributed by atoms with Crippen LogP contribution in [0.2, 0.25) is 5.02 Å². The largest absolute Gasteiger partial charge is 0.465 e. The highest BCUT2D eigenvalue weighted by Crippen LogP contribution is 2.49. The van der Waals surface area contributed by atoms with Gasteiger partial charge in [-0.1, -0.05) is 37.1 Å². The van der Waals surface area contributed by atoms with E-state index in [0.29, 0.717) is 11.6 Å². The molecule has 0 radical (unpaired) electrons. The molecule has 1 aliphatic rings. The van der Waals surface area contributed by atoms with Gasteiger partial charge in [0.1, 0.15) is 0 Å². The Morgan fingerprint density at radius 2 is 2.00 bits per heavy atom. The third-order valence-corrected chi connectivity index (χ3v) is 3.52. The fourth-order valence-electron chi connectivity index (χ4n) is 1.95. The second-order valence-corrected chi connectivity index (χ2v) is 5.01. The summed E-state index contributed by atoms with van der Waals surface area (Å²) >= 11 is 5.85. The molecule has 0 heterocycles. The Hall–Kier alpha value is -1.02. The smallest absolute Gasteiger partial charge is 0.316 e. The maximum Gasteiger partial charge on any atom is 0.316 e. The van der Waals surface area contributed by atoms with Crippen LogP contribution in [0.25, 0.3) is 0 Å². The van der Waals surface area contributed by atoms with E-state index in [1.165, 1.54) is 0 Å². The Morgan fingerprint density at radius 3 is 2.53 bits per heavy atom. The summed E-state index contributed by atoms with van der Waals surface area (Å²) < 4.78 is 5.32. The van der Waals surface area contributed by atoms with Crippen LogP contribution < -0.4 is 0 Å². The molecule has 0 aliphatic heterocycles. The molecule has 0 bridgehead atoms. The lowest BCUT2D eigenvalue weighted by Crippen LogP contribution is -2.23. The average molecular weight is 253 g/mol. The van der Waals surface area contributed by atoms with E-state index in [1.807, 2.05) is 24.3 Å². The van der Waals surface area contributed by atoms with Gasteiger partial charge in [0.2, 0.25) is 0 Å². The standard InChI is InChI=1S/C14H17ClO2/c1-2-3-10-17-13(16)14(8-9-14)11-4-6-12(15)7-5-11/h4-7H,2-3,8-10H2,1H3. The molecule has 1 aromatic rings. The van der Waals surface area contributed by atoms with E-state index in [0.717, 1.165) is 31.2 Å². The second kappa shape index (κ2) is 5.09. The molecule has 0 amide bonds. The first-order valence-electron chi connectivity index (χ1n) is 6.12. The summed E-state index contributed by atoms with van der Waals surface area (Å²) in [6.07, 6.45) is 3.75. The molecule has 1 saturated carbocycles. The van der Waals surface area contributed by atoms with Crippen LogP contribution >= 0.6 is 11.6 Å². The molecule has 0 atom stereocenters. The molecular weight excluding hydrogens is 236 g/mol. The molecule has 2 rings (SSSR count). The van der Waals surface area contributed by atoms with Crippen molar-refractivity contribution < 1.29 is 9.53 Å². The van der Waals surface area contributed by atoms with Gasteiger partial charge in [0, 0.05) is 5.02 Å². The van der Waals surface area contributed by atoms with Crippen molar-refractivity contribution in [3.8, 4) is 0 Å². The number of rotatable bonds is 5. The van der Waals surface area contributed by atoms with E-state index in [4.69, 9.17) is 16.3 Å². The minimum absolute atomic E-state index is 0.0757. The zero-order valence-corrected chi connectivity index (χ0v) is 10.8. The van der Waals surface area contributed by atoms with Crippen LogP contribution in [0, 0.1) is 0 Å². The fraction of sp³-hybridized carbons (Fsp3) is 0.500. The van der Waals surface area contributed by atoms with Crippen molar-refractivity contribution in [1.29, 1.82) is 0 Å². The SMILES string of the molecule is CCCCOC(=O)C1(c2ccc(Cl)cc2)CC1. The summed E-state index contributed by atoms with van der Waals surface area (Å²) in [5, 5.41) is 0.698. The highest BCUT2D eigenvalue weighted by Gasteiger charge is 2.52. The van der Waals surface area contributed by atoms with E-state index in [1.54, 1.807) is 0 Å². The van der Waals surface area contributed by atoms with Crippen molar-refractivity contribution in [2.24, 2.45) is 0 Å². The third-order valence-electron chi connectivity index (χ3n) is 3.27. The molecule has 0 unspecified atom stereocenters.